The van der Waals surface area contributed by atoms with Crippen LogP contribution in [0, 0.1) is 5.92 Å². The van der Waals surface area contributed by atoms with Gasteiger partial charge in [-0.15, -0.1) is 0 Å². The third kappa shape index (κ3) is 2.24. The second kappa shape index (κ2) is 4.26. The molecule has 0 aliphatic heterocycles. The summed E-state index contributed by atoms with van der Waals surface area (Å²) in [5, 5.41) is 0.564. The summed E-state index contributed by atoms with van der Waals surface area (Å²) in [5.74, 6) is 2.33. The first-order valence-electron chi connectivity index (χ1n) is 5.24. The molecule has 1 fully saturated rings. The first-order valence-corrected chi connectivity index (χ1v) is 5.62. The Hall–Kier alpha value is -0.630. The Bertz CT molecular complexity index is 306. The van der Waals surface area contributed by atoms with Crippen LogP contribution in [-0.4, -0.2) is 9.97 Å². The lowest BCUT2D eigenvalue weighted by Gasteiger charge is -2.24. The zero-order chi connectivity index (χ0) is 9.97. The molecule has 2 nitrogen and oxygen atoms in total. The lowest BCUT2D eigenvalue weighted by molar-refractivity contribution is 0.339. The van der Waals surface area contributed by atoms with Crippen LogP contribution in [0.2, 0.25) is 5.15 Å². The molecule has 0 aromatic carbocycles. The van der Waals surface area contributed by atoms with Crippen LogP contribution in [0.3, 0.4) is 0 Å². The third-order valence-corrected chi connectivity index (χ3v) is 3.23. The molecule has 76 valence electrons. The van der Waals surface area contributed by atoms with Crippen LogP contribution in [0.5, 0.6) is 0 Å². The number of halogens is 1. The molecule has 0 saturated heterocycles. The second-order valence-electron chi connectivity index (χ2n) is 4.19. The standard InChI is InChI=1S/C11H15ClN2/c1-8-2-4-9(5-3-8)11-13-7-6-10(12)14-11/h6-9H,2-5H2,1H3. The molecule has 0 radical (unpaired) electrons. The topological polar surface area (TPSA) is 25.8 Å². The van der Waals surface area contributed by atoms with Crippen molar-refractivity contribution in [1.29, 1.82) is 0 Å². The van der Waals surface area contributed by atoms with E-state index in [9.17, 15) is 0 Å². The van der Waals surface area contributed by atoms with Crippen molar-refractivity contribution >= 4 is 11.6 Å². The Balaban J connectivity index is 2.08. The Kier molecular flexibility index (Phi) is 3.02. The molecular formula is C11H15ClN2. The van der Waals surface area contributed by atoms with Gasteiger partial charge in [0.05, 0.1) is 0 Å². The highest BCUT2D eigenvalue weighted by Gasteiger charge is 2.21. The molecule has 2 rings (SSSR count). The summed E-state index contributed by atoms with van der Waals surface area (Å²) in [7, 11) is 0. The van der Waals surface area contributed by atoms with Crippen molar-refractivity contribution in [3.63, 3.8) is 0 Å². The van der Waals surface area contributed by atoms with Gasteiger partial charge in [0.1, 0.15) is 11.0 Å². The van der Waals surface area contributed by atoms with Crippen molar-refractivity contribution in [3.8, 4) is 0 Å². The summed E-state index contributed by atoms with van der Waals surface area (Å²) in [4.78, 5) is 8.57. The Morgan fingerprint density at radius 3 is 2.64 bits per heavy atom. The van der Waals surface area contributed by atoms with Gasteiger partial charge in [0.25, 0.3) is 0 Å². The number of nitrogens with zero attached hydrogens (tertiary/aromatic N) is 2. The molecule has 14 heavy (non-hydrogen) atoms. The van der Waals surface area contributed by atoms with Crippen LogP contribution in [0.4, 0.5) is 0 Å². The molecule has 1 saturated carbocycles. The summed E-state index contributed by atoms with van der Waals surface area (Å²) in [6.45, 7) is 2.31. The molecule has 0 amide bonds. The first kappa shape index (κ1) is 9.91. The summed E-state index contributed by atoms with van der Waals surface area (Å²) >= 11 is 5.84. The molecule has 3 heteroatoms. The molecule has 0 unspecified atom stereocenters. The highest BCUT2D eigenvalue weighted by Crippen LogP contribution is 2.33. The summed E-state index contributed by atoms with van der Waals surface area (Å²) in [5.41, 5.74) is 0. The fourth-order valence-electron chi connectivity index (χ4n) is 2.07. The molecule has 0 bridgehead atoms. The van der Waals surface area contributed by atoms with E-state index >= 15 is 0 Å². The second-order valence-corrected chi connectivity index (χ2v) is 4.58. The van der Waals surface area contributed by atoms with E-state index in [0.29, 0.717) is 11.1 Å². The third-order valence-electron chi connectivity index (χ3n) is 3.02. The first-order chi connectivity index (χ1) is 6.75. The maximum atomic E-state index is 5.84. The van der Waals surface area contributed by atoms with Crippen molar-refractivity contribution in [3.05, 3.63) is 23.2 Å². The minimum Gasteiger partial charge on any atom is -0.241 e. The van der Waals surface area contributed by atoms with E-state index in [1.165, 1.54) is 25.7 Å². The zero-order valence-corrected chi connectivity index (χ0v) is 9.17. The molecule has 1 aromatic heterocycles. The van der Waals surface area contributed by atoms with Gasteiger partial charge < -0.3 is 0 Å². The molecule has 0 N–H and O–H groups in total. The van der Waals surface area contributed by atoms with Gasteiger partial charge in [-0.1, -0.05) is 31.4 Å². The van der Waals surface area contributed by atoms with Gasteiger partial charge in [-0.2, -0.15) is 0 Å². The highest BCUT2D eigenvalue weighted by molar-refractivity contribution is 6.29. The van der Waals surface area contributed by atoms with E-state index in [4.69, 9.17) is 11.6 Å². The normalized spacial score (nSPS) is 27.6. The largest absolute Gasteiger partial charge is 0.241 e. The molecule has 1 heterocycles. The van der Waals surface area contributed by atoms with Crippen molar-refractivity contribution in [1.82, 2.24) is 9.97 Å². The van der Waals surface area contributed by atoms with Gasteiger partial charge in [-0.25, -0.2) is 9.97 Å². The van der Waals surface area contributed by atoms with Crippen molar-refractivity contribution in [2.75, 3.05) is 0 Å². The average molecular weight is 211 g/mol. The minimum atomic E-state index is 0.532. The maximum absolute atomic E-state index is 5.84. The average Bonchev–Trinajstić information content (AvgIpc) is 2.19. The van der Waals surface area contributed by atoms with Crippen LogP contribution in [0.15, 0.2) is 12.3 Å². The lowest BCUT2D eigenvalue weighted by atomic mass is 9.82. The Labute approximate surface area is 89.7 Å². The monoisotopic (exact) mass is 210 g/mol. The van der Waals surface area contributed by atoms with E-state index in [0.717, 1.165) is 11.7 Å². The van der Waals surface area contributed by atoms with Crippen LogP contribution < -0.4 is 0 Å². The fourth-order valence-corrected chi connectivity index (χ4v) is 2.21. The Morgan fingerprint density at radius 2 is 2.00 bits per heavy atom. The van der Waals surface area contributed by atoms with Gasteiger partial charge in [-0.3, -0.25) is 0 Å². The number of rotatable bonds is 1. The molecule has 0 atom stereocenters. The van der Waals surface area contributed by atoms with E-state index < -0.39 is 0 Å². The Morgan fingerprint density at radius 1 is 1.29 bits per heavy atom. The summed E-state index contributed by atoms with van der Waals surface area (Å²) < 4.78 is 0. The number of aromatic nitrogens is 2. The molecule has 0 spiro atoms. The van der Waals surface area contributed by atoms with E-state index in [1.807, 2.05) is 0 Å². The van der Waals surface area contributed by atoms with E-state index in [-0.39, 0.29) is 0 Å². The number of hydrogen-bond donors (Lipinski definition) is 0. The molecule has 1 aliphatic rings. The predicted molar refractivity (Wildman–Crippen MR) is 57.4 cm³/mol. The summed E-state index contributed by atoms with van der Waals surface area (Å²) in [6, 6.07) is 1.73. The summed E-state index contributed by atoms with van der Waals surface area (Å²) in [6.07, 6.45) is 6.76. The van der Waals surface area contributed by atoms with Crippen molar-refractivity contribution in [2.45, 2.75) is 38.5 Å². The quantitative estimate of drug-likeness (QED) is 0.664. The fraction of sp³-hybridized carbons (Fsp3) is 0.636. The van der Waals surface area contributed by atoms with Gasteiger partial charge in [-0.05, 0) is 24.8 Å². The van der Waals surface area contributed by atoms with Gasteiger partial charge >= 0.3 is 0 Å². The maximum Gasteiger partial charge on any atom is 0.133 e. The predicted octanol–water partition coefficient (Wildman–Crippen LogP) is 3.42. The van der Waals surface area contributed by atoms with Crippen LogP contribution in [-0.2, 0) is 0 Å². The van der Waals surface area contributed by atoms with Gasteiger partial charge in [0, 0.05) is 12.1 Å². The van der Waals surface area contributed by atoms with Crippen molar-refractivity contribution < 1.29 is 0 Å². The van der Waals surface area contributed by atoms with E-state index in [2.05, 4.69) is 16.9 Å². The zero-order valence-electron chi connectivity index (χ0n) is 8.41. The van der Waals surface area contributed by atoms with Crippen molar-refractivity contribution in [2.24, 2.45) is 5.92 Å². The number of hydrogen-bond acceptors (Lipinski definition) is 2. The molecule has 1 aromatic rings. The minimum absolute atomic E-state index is 0.532. The molecular weight excluding hydrogens is 196 g/mol. The van der Waals surface area contributed by atoms with Crippen LogP contribution in [0.1, 0.15) is 44.3 Å². The smallest absolute Gasteiger partial charge is 0.133 e. The highest BCUT2D eigenvalue weighted by atomic mass is 35.5. The van der Waals surface area contributed by atoms with E-state index in [1.54, 1.807) is 12.3 Å². The van der Waals surface area contributed by atoms with Gasteiger partial charge in [0.2, 0.25) is 0 Å². The van der Waals surface area contributed by atoms with Gasteiger partial charge in [0.15, 0.2) is 0 Å². The SMILES string of the molecule is CC1CCC(c2nccc(Cl)n2)CC1. The van der Waals surface area contributed by atoms with Crippen LogP contribution in [0.25, 0.3) is 0 Å². The lowest BCUT2D eigenvalue weighted by Crippen LogP contribution is -2.13. The molecule has 1 aliphatic carbocycles. The van der Waals surface area contributed by atoms with Crippen LogP contribution >= 0.6 is 11.6 Å².